The third-order valence-corrected chi connectivity index (χ3v) is 5.86. The minimum absolute atomic E-state index is 0.0283. The third kappa shape index (κ3) is 4.60. The number of benzene rings is 1. The number of aryl methyl sites for hydroxylation is 1. The molecule has 4 rings (SSSR count). The Balaban J connectivity index is 1.61. The first-order valence-electron chi connectivity index (χ1n) is 10.8. The van der Waals surface area contributed by atoms with Gasteiger partial charge in [-0.1, -0.05) is 13.0 Å². The van der Waals surface area contributed by atoms with Crippen molar-refractivity contribution < 1.29 is 9.18 Å². The van der Waals surface area contributed by atoms with Gasteiger partial charge in [0, 0.05) is 36.0 Å². The lowest BCUT2D eigenvalue weighted by Crippen LogP contribution is -2.31. The van der Waals surface area contributed by atoms with E-state index in [-0.39, 0.29) is 5.56 Å². The summed E-state index contributed by atoms with van der Waals surface area (Å²) < 4.78 is 15.0. The molecule has 8 heteroatoms. The zero-order valence-electron chi connectivity index (χ0n) is 18.3. The van der Waals surface area contributed by atoms with Crippen LogP contribution in [-0.4, -0.2) is 52.4 Å². The zero-order valence-corrected chi connectivity index (χ0v) is 18.3. The molecule has 1 aromatic carbocycles. The van der Waals surface area contributed by atoms with Gasteiger partial charge < -0.3 is 16.0 Å². The van der Waals surface area contributed by atoms with Gasteiger partial charge in [0.2, 0.25) is 0 Å². The van der Waals surface area contributed by atoms with E-state index in [0.29, 0.717) is 36.0 Å². The summed E-state index contributed by atoms with van der Waals surface area (Å²) in [6, 6.07) is 8.15. The van der Waals surface area contributed by atoms with Crippen LogP contribution in [0.1, 0.15) is 29.4 Å². The van der Waals surface area contributed by atoms with Crippen LogP contribution in [0.2, 0.25) is 0 Å². The minimum atomic E-state index is -0.582. The summed E-state index contributed by atoms with van der Waals surface area (Å²) in [5.74, 6) is -0.170. The normalized spacial score (nSPS) is 16.3. The van der Waals surface area contributed by atoms with Gasteiger partial charge in [-0.3, -0.25) is 4.79 Å². The number of aromatic nitrogens is 3. The number of nitrogens with zero attached hydrogens (tertiary/aromatic N) is 4. The standard InChI is InChI=1S/C24H27FN6O/c1-3-20-22(17-5-7-21(26)27-12-17)23(30-14-29-20)16-4-6-18(19(25)10-16)24(32)28-11-15-8-9-31(2)13-15/h4-7,10,12,14-15H,3,8-9,11,13H2,1-2H3,(H2,26,27)(H,28,32). The van der Waals surface area contributed by atoms with Gasteiger partial charge in [0.25, 0.3) is 5.91 Å². The molecule has 0 radical (unpaired) electrons. The molecule has 0 saturated carbocycles. The number of amides is 1. The molecule has 166 valence electrons. The van der Waals surface area contributed by atoms with E-state index in [1.165, 1.54) is 18.5 Å². The van der Waals surface area contributed by atoms with Crippen LogP contribution < -0.4 is 11.1 Å². The highest BCUT2D eigenvalue weighted by molar-refractivity contribution is 5.95. The molecule has 0 aliphatic carbocycles. The summed E-state index contributed by atoms with van der Waals surface area (Å²) >= 11 is 0. The molecule has 3 aromatic rings. The quantitative estimate of drug-likeness (QED) is 0.619. The largest absolute Gasteiger partial charge is 0.384 e. The number of rotatable bonds is 6. The Morgan fingerprint density at radius 1 is 1.22 bits per heavy atom. The number of hydrogen-bond donors (Lipinski definition) is 2. The van der Waals surface area contributed by atoms with Crippen molar-refractivity contribution in [2.75, 3.05) is 32.4 Å². The average molecular weight is 435 g/mol. The van der Waals surface area contributed by atoms with E-state index < -0.39 is 11.7 Å². The Hall–Kier alpha value is -3.39. The second-order valence-corrected chi connectivity index (χ2v) is 8.19. The summed E-state index contributed by atoms with van der Waals surface area (Å²) in [7, 11) is 2.06. The molecule has 0 spiro atoms. The topological polar surface area (TPSA) is 97.0 Å². The van der Waals surface area contributed by atoms with Crippen LogP contribution in [0.3, 0.4) is 0 Å². The maximum absolute atomic E-state index is 15.0. The molecular formula is C24H27FN6O. The molecule has 1 saturated heterocycles. The molecule has 3 N–H and O–H groups in total. The first-order chi connectivity index (χ1) is 15.5. The maximum Gasteiger partial charge on any atom is 0.254 e. The number of likely N-dealkylation sites (tertiary alicyclic amines) is 1. The van der Waals surface area contributed by atoms with E-state index in [2.05, 4.69) is 32.2 Å². The van der Waals surface area contributed by atoms with E-state index in [9.17, 15) is 9.18 Å². The lowest BCUT2D eigenvalue weighted by atomic mass is 9.97. The molecule has 7 nitrogen and oxygen atoms in total. The Morgan fingerprint density at radius 2 is 2.03 bits per heavy atom. The Kier molecular flexibility index (Phi) is 6.41. The van der Waals surface area contributed by atoms with Crippen molar-refractivity contribution in [3.05, 3.63) is 59.9 Å². The number of halogens is 1. The van der Waals surface area contributed by atoms with Gasteiger partial charge in [0.1, 0.15) is 18.0 Å². The van der Waals surface area contributed by atoms with Crippen LogP contribution in [0.4, 0.5) is 10.2 Å². The number of nitrogen functional groups attached to an aromatic ring is 1. The molecular weight excluding hydrogens is 407 g/mol. The number of nitrogens with one attached hydrogen (secondary N) is 1. The predicted molar refractivity (Wildman–Crippen MR) is 122 cm³/mol. The van der Waals surface area contributed by atoms with Gasteiger partial charge in [-0.2, -0.15) is 0 Å². The van der Waals surface area contributed by atoms with Crippen molar-refractivity contribution in [1.82, 2.24) is 25.2 Å². The zero-order chi connectivity index (χ0) is 22.7. The van der Waals surface area contributed by atoms with Crippen LogP contribution in [0.5, 0.6) is 0 Å². The van der Waals surface area contributed by atoms with Gasteiger partial charge in [0.15, 0.2) is 0 Å². The number of pyridine rings is 1. The summed E-state index contributed by atoms with van der Waals surface area (Å²) in [6.07, 6.45) is 4.85. The summed E-state index contributed by atoms with van der Waals surface area (Å²) in [5, 5.41) is 2.87. The van der Waals surface area contributed by atoms with Crippen molar-refractivity contribution in [3.8, 4) is 22.4 Å². The van der Waals surface area contributed by atoms with Gasteiger partial charge in [-0.15, -0.1) is 0 Å². The third-order valence-electron chi connectivity index (χ3n) is 5.86. The second kappa shape index (κ2) is 9.40. The van der Waals surface area contributed by atoms with Crippen molar-refractivity contribution in [2.24, 2.45) is 5.92 Å². The van der Waals surface area contributed by atoms with Crippen molar-refractivity contribution >= 4 is 11.7 Å². The molecule has 2 aromatic heterocycles. The smallest absolute Gasteiger partial charge is 0.254 e. The van der Waals surface area contributed by atoms with Crippen LogP contribution in [-0.2, 0) is 6.42 Å². The molecule has 0 bridgehead atoms. The van der Waals surface area contributed by atoms with Gasteiger partial charge in [-0.05, 0) is 56.6 Å². The molecule has 1 atom stereocenters. The van der Waals surface area contributed by atoms with Gasteiger partial charge in [-0.25, -0.2) is 19.3 Å². The monoisotopic (exact) mass is 434 g/mol. The molecule has 3 heterocycles. The average Bonchev–Trinajstić information content (AvgIpc) is 3.22. The summed E-state index contributed by atoms with van der Waals surface area (Å²) in [6.45, 7) is 4.51. The number of carbonyl (C=O) groups excluding carboxylic acids is 1. The van der Waals surface area contributed by atoms with Crippen LogP contribution in [0.25, 0.3) is 22.4 Å². The second-order valence-electron chi connectivity index (χ2n) is 8.19. The number of nitrogens with two attached hydrogens (primary N) is 1. The van der Waals surface area contributed by atoms with E-state index in [1.54, 1.807) is 18.3 Å². The predicted octanol–water partition coefficient (Wildman–Crippen LogP) is 3.17. The fourth-order valence-corrected chi connectivity index (χ4v) is 4.14. The van der Waals surface area contributed by atoms with E-state index in [4.69, 9.17) is 5.73 Å². The van der Waals surface area contributed by atoms with E-state index in [1.807, 2.05) is 13.0 Å². The Morgan fingerprint density at radius 3 is 2.69 bits per heavy atom. The molecule has 1 aliphatic rings. The summed E-state index contributed by atoms with van der Waals surface area (Å²) in [5.41, 5.74) is 9.32. The highest BCUT2D eigenvalue weighted by Gasteiger charge is 2.22. The SMILES string of the molecule is CCc1ncnc(-c2ccc(C(=O)NCC3CCN(C)C3)c(F)c2)c1-c1ccc(N)nc1. The number of anilines is 1. The van der Waals surface area contributed by atoms with Crippen molar-refractivity contribution in [2.45, 2.75) is 19.8 Å². The number of carbonyl (C=O) groups is 1. The lowest BCUT2D eigenvalue weighted by Gasteiger charge is -2.14. The van der Waals surface area contributed by atoms with E-state index in [0.717, 1.165) is 36.3 Å². The van der Waals surface area contributed by atoms with Crippen LogP contribution in [0.15, 0.2) is 42.9 Å². The first-order valence-corrected chi connectivity index (χ1v) is 10.8. The fourth-order valence-electron chi connectivity index (χ4n) is 4.14. The van der Waals surface area contributed by atoms with Gasteiger partial charge >= 0.3 is 0 Å². The molecule has 1 aliphatic heterocycles. The van der Waals surface area contributed by atoms with Crippen LogP contribution in [0, 0.1) is 11.7 Å². The van der Waals surface area contributed by atoms with Gasteiger partial charge in [0.05, 0.1) is 17.0 Å². The molecule has 1 amide bonds. The molecule has 32 heavy (non-hydrogen) atoms. The summed E-state index contributed by atoms with van der Waals surface area (Å²) in [4.78, 5) is 27.8. The molecule has 1 unspecified atom stereocenters. The first kappa shape index (κ1) is 21.8. The number of hydrogen-bond acceptors (Lipinski definition) is 6. The van der Waals surface area contributed by atoms with Crippen molar-refractivity contribution in [1.29, 1.82) is 0 Å². The van der Waals surface area contributed by atoms with Crippen LogP contribution >= 0.6 is 0 Å². The van der Waals surface area contributed by atoms with E-state index >= 15 is 0 Å². The Bertz CT molecular complexity index is 1120. The van der Waals surface area contributed by atoms with Crippen molar-refractivity contribution in [3.63, 3.8) is 0 Å². The fraction of sp³-hybridized carbons (Fsp3) is 0.333. The highest BCUT2D eigenvalue weighted by Crippen LogP contribution is 2.33. The highest BCUT2D eigenvalue weighted by atomic mass is 19.1. The molecule has 1 fully saturated rings. The lowest BCUT2D eigenvalue weighted by molar-refractivity contribution is 0.0943. The Labute approximate surface area is 186 Å². The minimum Gasteiger partial charge on any atom is -0.384 e. The maximum atomic E-state index is 15.0.